The predicted molar refractivity (Wildman–Crippen MR) is 101 cm³/mol. The fourth-order valence-corrected chi connectivity index (χ4v) is 2.92. The van der Waals surface area contributed by atoms with Crippen molar-refractivity contribution in [3.8, 4) is 0 Å². The Hall–Kier alpha value is -2.21. The van der Waals surface area contributed by atoms with Gasteiger partial charge in [-0.3, -0.25) is 4.79 Å². The Morgan fingerprint density at radius 1 is 1.24 bits per heavy atom. The summed E-state index contributed by atoms with van der Waals surface area (Å²) in [5, 5.41) is 2.72. The lowest BCUT2D eigenvalue weighted by Crippen LogP contribution is -2.12. The van der Waals surface area contributed by atoms with Gasteiger partial charge >= 0.3 is 0 Å². The van der Waals surface area contributed by atoms with Crippen molar-refractivity contribution in [2.24, 2.45) is 0 Å². The Labute approximate surface area is 154 Å². The van der Waals surface area contributed by atoms with Crippen LogP contribution in [0.5, 0.6) is 0 Å². The summed E-state index contributed by atoms with van der Waals surface area (Å²) in [4.78, 5) is 19.9. The molecule has 4 nitrogen and oxygen atoms in total. The monoisotopic (exact) mass is 403 g/mol. The van der Waals surface area contributed by atoms with E-state index in [9.17, 15) is 9.18 Å². The lowest BCUT2D eigenvalue weighted by molar-refractivity contribution is -0.116. The molecule has 0 saturated heterocycles. The summed E-state index contributed by atoms with van der Waals surface area (Å²) in [6, 6.07) is 10.5. The topological polar surface area (TPSA) is 57.8 Å². The number of H-pyrrole nitrogens is 1. The van der Waals surface area contributed by atoms with E-state index < -0.39 is 5.82 Å². The minimum absolute atomic E-state index is 0.141. The van der Waals surface area contributed by atoms with E-state index >= 15 is 0 Å². The molecule has 0 aliphatic carbocycles. The molecule has 0 aliphatic rings. The number of aromatic amines is 1. The number of amides is 1. The van der Waals surface area contributed by atoms with E-state index in [0.29, 0.717) is 23.0 Å². The highest BCUT2D eigenvalue weighted by Crippen LogP contribution is 2.20. The smallest absolute Gasteiger partial charge is 0.224 e. The molecule has 1 amide bonds. The van der Waals surface area contributed by atoms with Gasteiger partial charge in [0.15, 0.2) is 0 Å². The van der Waals surface area contributed by atoms with Crippen LogP contribution < -0.4 is 5.32 Å². The first-order valence-corrected chi connectivity index (χ1v) is 9.07. The largest absolute Gasteiger partial charge is 0.342 e. The highest BCUT2D eigenvalue weighted by atomic mass is 79.9. The summed E-state index contributed by atoms with van der Waals surface area (Å²) in [6.07, 6.45) is 2.92. The van der Waals surface area contributed by atoms with E-state index in [4.69, 9.17) is 0 Å². The van der Waals surface area contributed by atoms with Crippen molar-refractivity contribution in [2.45, 2.75) is 32.6 Å². The number of aromatic nitrogens is 2. The van der Waals surface area contributed by atoms with Gasteiger partial charge in [0, 0.05) is 18.5 Å². The first-order chi connectivity index (χ1) is 12.0. The summed E-state index contributed by atoms with van der Waals surface area (Å²) < 4.78 is 13.9. The SMILES string of the molecule is CCCc1nc2ccc(CCC(=O)Nc3ccc(Br)c(F)c3)cc2[nH]1. The van der Waals surface area contributed by atoms with Gasteiger partial charge in [-0.05, 0) is 64.7 Å². The number of carbonyl (C=O) groups excluding carboxylic acids is 1. The lowest BCUT2D eigenvalue weighted by Gasteiger charge is -2.06. The zero-order valence-electron chi connectivity index (χ0n) is 13.9. The molecule has 2 aromatic carbocycles. The molecule has 0 bridgehead atoms. The van der Waals surface area contributed by atoms with Gasteiger partial charge in [0.25, 0.3) is 0 Å². The van der Waals surface area contributed by atoms with Crippen LogP contribution in [0.1, 0.15) is 31.2 Å². The molecule has 0 saturated carbocycles. The fraction of sp³-hybridized carbons (Fsp3) is 0.263. The molecule has 0 aliphatic heterocycles. The number of carbonyl (C=O) groups is 1. The van der Waals surface area contributed by atoms with Gasteiger partial charge in [0.05, 0.1) is 15.5 Å². The van der Waals surface area contributed by atoms with Gasteiger partial charge in [0.2, 0.25) is 5.91 Å². The van der Waals surface area contributed by atoms with Crippen molar-refractivity contribution in [3.05, 3.63) is 58.1 Å². The second-order valence-corrected chi connectivity index (χ2v) is 6.82. The average Bonchev–Trinajstić information content (AvgIpc) is 2.98. The maximum atomic E-state index is 13.5. The Balaban J connectivity index is 1.61. The van der Waals surface area contributed by atoms with Crippen molar-refractivity contribution >= 4 is 38.6 Å². The summed E-state index contributed by atoms with van der Waals surface area (Å²) >= 11 is 3.09. The van der Waals surface area contributed by atoms with E-state index in [0.717, 1.165) is 35.3 Å². The van der Waals surface area contributed by atoms with E-state index in [1.165, 1.54) is 6.07 Å². The number of hydrogen-bond donors (Lipinski definition) is 2. The number of aryl methyl sites for hydroxylation is 2. The minimum atomic E-state index is -0.398. The quantitative estimate of drug-likeness (QED) is 0.608. The van der Waals surface area contributed by atoms with Crippen LogP contribution in [0.15, 0.2) is 40.9 Å². The lowest BCUT2D eigenvalue weighted by atomic mass is 10.1. The number of halogens is 2. The molecule has 0 atom stereocenters. The van der Waals surface area contributed by atoms with Crippen LogP contribution in [0.25, 0.3) is 11.0 Å². The molecule has 3 aromatic rings. The maximum Gasteiger partial charge on any atom is 0.224 e. The van der Waals surface area contributed by atoms with Gasteiger partial charge in [-0.15, -0.1) is 0 Å². The van der Waals surface area contributed by atoms with Crippen LogP contribution in [0, 0.1) is 5.82 Å². The Morgan fingerprint density at radius 3 is 2.84 bits per heavy atom. The Morgan fingerprint density at radius 2 is 2.08 bits per heavy atom. The van der Waals surface area contributed by atoms with Crippen LogP contribution >= 0.6 is 15.9 Å². The number of nitrogens with one attached hydrogen (secondary N) is 2. The number of rotatable bonds is 6. The van der Waals surface area contributed by atoms with Crippen LogP contribution in [-0.2, 0) is 17.6 Å². The molecule has 0 radical (unpaired) electrons. The molecule has 3 rings (SSSR count). The summed E-state index contributed by atoms with van der Waals surface area (Å²) in [7, 11) is 0. The van der Waals surface area contributed by atoms with Gasteiger partial charge in [0.1, 0.15) is 11.6 Å². The van der Waals surface area contributed by atoms with Gasteiger partial charge in [-0.2, -0.15) is 0 Å². The molecule has 6 heteroatoms. The van der Waals surface area contributed by atoms with Crippen LogP contribution in [-0.4, -0.2) is 15.9 Å². The van der Waals surface area contributed by atoms with Crippen molar-refractivity contribution in [1.82, 2.24) is 9.97 Å². The third-order valence-electron chi connectivity index (χ3n) is 3.93. The average molecular weight is 404 g/mol. The molecule has 25 heavy (non-hydrogen) atoms. The highest BCUT2D eigenvalue weighted by molar-refractivity contribution is 9.10. The first-order valence-electron chi connectivity index (χ1n) is 8.27. The molecular weight excluding hydrogens is 385 g/mol. The number of fused-ring (bicyclic) bond motifs is 1. The van der Waals surface area contributed by atoms with E-state index in [1.54, 1.807) is 12.1 Å². The third-order valence-corrected chi connectivity index (χ3v) is 4.57. The molecule has 0 unspecified atom stereocenters. The molecule has 2 N–H and O–H groups in total. The van der Waals surface area contributed by atoms with Crippen LogP contribution in [0.2, 0.25) is 0 Å². The molecular formula is C19H19BrFN3O. The number of nitrogens with zero attached hydrogens (tertiary/aromatic N) is 1. The third kappa shape index (κ3) is 4.45. The van der Waals surface area contributed by atoms with Crippen LogP contribution in [0.3, 0.4) is 0 Å². The van der Waals surface area contributed by atoms with Gasteiger partial charge in [-0.25, -0.2) is 9.37 Å². The normalized spacial score (nSPS) is 11.0. The van der Waals surface area contributed by atoms with E-state index in [2.05, 4.69) is 38.1 Å². The summed E-state index contributed by atoms with van der Waals surface area (Å²) in [5.74, 6) is 0.452. The molecule has 0 fully saturated rings. The molecule has 1 aromatic heterocycles. The Bertz CT molecular complexity index is 907. The highest BCUT2D eigenvalue weighted by Gasteiger charge is 2.07. The predicted octanol–water partition coefficient (Wildman–Crippen LogP) is 4.99. The first kappa shape index (κ1) is 17.6. The molecule has 0 spiro atoms. The number of imidazole rings is 1. The maximum absolute atomic E-state index is 13.5. The van der Waals surface area contributed by atoms with Crippen molar-refractivity contribution < 1.29 is 9.18 Å². The fourth-order valence-electron chi connectivity index (χ4n) is 2.68. The summed E-state index contributed by atoms with van der Waals surface area (Å²) in [6.45, 7) is 2.12. The van der Waals surface area contributed by atoms with Crippen molar-refractivity contribution in [2.75, 3.05) is 5.32 Å². The van der Waals surface area contributed by atoms with E-state index in [-0.39, 0.29) is 5.91 Å². The zero-order chi connectivity index (χ0) is 17.8. The number of benzene rings is 2. The minimum Gasteiger partial charge on any atom is -0.342 e. The van der Waals surface area contributed by atoms with Crippen LogP contribution in [0.4, 0.5) is 10.1 Å². The summed E-state index contributed by atoms with van der Waals surface area (Å²) in [5.41, 5.74) is 3.47. The standard InChI is InChI=1S/C19H19BrFN3O/c1-2-3-18-23-16-8-4-12(10-17(16)24-18)5-9-19(25)22-13-6-7-14(20)15(21)11-13/h4,6-8,10-11H,2-3,5,9H2,1H3,(H,22,25)(H,23,24). The second-order valence-electron chi connectivity index (χ2n) is 5.96. The molecule has 1 heterocycles. The van der Waals surface area contributed by atoms with Crippen molar-refractivity contribution in [3.63, 3.8) is 0 Å². The van der Waals surface area contributed by atoms with Gasteiger partial charge < -0.3 is 10.3 Å². The molecule has 130 valence electrons. The second kappa shape index (κ2) is 7.78. The number of hydrogen-bond acceptors (Lipinski definition) is 2. The van der Waals surface area contributed by atoms with Crippen molar-refractivity contribution in [1.29, 1.82) is 0 Å². The van der Waals surface area contributed by atoms with E-state index in [1.807, 2.05) is 18.2 Å². The van der Waals surface area contributed by atoms with Gasteiger partial charge in [-0.1, -0.05) is 13.0 Å². The number of anilines is 1. The Kier molecular flexibility index (Phi) is 5.48. The zero-order valence-corrected chi connectivity index (χ0v) is 15.5.